The summed E-state index contributed by atoms with van der Waals surface area (Å²) in [5.41, 5.74) is 2.56. The Labute approximate surface area is 180 Å². The minimum atomic E-state index is -1.17. The van der Waals surface area contributed by atoms with E-state index in [0.29, 0.717) is 29.3 Å². The fraction of sp³-hybridized carbons (Fsp3) is 0.375. The van der Waals surface area contributed by atoms with Crippen molar-refractivity contribution in [3.05, 3.63) is 48.5 Å². The first-order chi connectivity index (χ1) is 14.8. The summed E-state index contributed by atoms with van der Waals surface area (Å²) < 4.78 is 10.7. The first-order valence-electron chi connectivity index (χ1n) is 10.4. The van der Waals surface area contributed by atoms with Crippen LogP contribution in [0, 0.1) is 16.2 Å². The van der Waals surface area contributed by atoms with Gasteiger partial charge >= 0.3 is 0 Å². The largest absolute Gasteiger partial charge is 0.454 e. The molecule has 1 heterocycles. The molecule has 1 aliphatic heterocycles. The molecule has 2 atom stereocenters. The first-order valence-corrected chi connectivity index (χ1v) is 10.4. The molecule has 5 rings (SSSR count). The summed E-state index contributed by atoms with van der Waals surface area (Å²) in [6.07, 6.45) is 1.21. The second-order valence-electron chi connectivity index (χ2n) is 9.15. The highest BCUT2D eigenvalue weighted by Gasteiger charge is 2.76. The van der Waals surface area contributed by atoms with Gasteiger partial charge in [-0.25, -0.2) is 0 Å². The predicted molar refractivity (Wildman–Crippen MR) is 117 cm³/mol. The maximum absolute atomic E-state index is 13.7. The smallest absolute Gasteiger partial charge is 0.239 e. The Morgan fingerprint density at radius 1 is 0.968 bits per heavy atom. The average Bonchev–Trinajstić information content (AvgIpc) is 3.33. The number of fused-ring (bicyclic) bond motifs is 3. The number of benzene rings is 2. The molecule has 2 aromatic carbocycles. The Hall–Kier alpha value is -3.35. The van der Waals surface area contributed by atoms with Crippen molar-refractivity contribution in [3.8, 4) is 11.5 Å². The highest BCUT2D eigenvalue weighted by Crippen LogP contribution is 2.69. The third-order valence-corrected chi connectivity index (χ3v) is 7.66. The summed E-state index contributed by atoms with van der Waals surface area (Å²) in [4.78, 5) is 27.3. The van der Waals surface area contributed by atoms with E-state index in [1.54, 1.807) is 18.2 Å². The number of nitrogens with one attached hydrogen (secondary N) is 2. The molecule has 7 heteroatoms. The minimum absolute atomic E-state index is 0.161. The van der Waals surface area contributed by atoms with Crippen LogP contribution in [0.3, 0.4) is 0 Å². The van der Waals surface area contributed by atoms with Gasteiger partial charge in [0, 0.05) is 17.2 Å². The fourth-order valence-corrected chi connectivity index (χ4v) is 5.32. The lowest BCUT2D eigenvalue weighted by atomic mass is 9.64. The molecule has 2 saturated carbocycles. The van der Waals surface area contributed by atoms with E-state index in [1.165, 1.54) is 0 Å². The van der Waals surface area contributed by atoms with E-state index in [0.717, 1.165) is 12.1 Å². The van der Waals surface area contributed by atoms with Crippen LogP contribution < -0.4 is 20.2 Å². The number of amides is 1. The lowest BCUT2D eigenvalue weighted by Crippen LogP contribution is -2.47. The summed E-state index contributed by atoms with van der Waals surface area (Å²) in [7, 11) is 0. The number of ketones is 1. The summed E-state index contributed by atoms with van der Waals surface area (Å²) in [6, 6.07) is 14.7. The number of rotatable bonds is 4. The Bertz CT molecular complexity index is 1110. The molecule has 2 N–H and O–H groups in total. The van der Waals surface area contributed by atoms with Gasteiger partial charge in [0.15, 0.2) is 17.3 Å². The molecule has 7 nitrogen and oxygen atoms in total. The summed E-state index contributed by atoms with van der Waals surface area (Å²) >= 11 is 0. The van der Waals surface area contributed by atoms with Crippen molar-refractivity contribution in [1.82, 2.24) is 0 Å². The average molecular weight is 419 g/mol. The van der Waals surface area contributed by atoms with E-state index in [9.17, 15) is 9.59 Å². The molecule has 2 unspecified atom stereocenters. The topological polar surface area (TPSA) is 89.0 Å². The van der Waals surface area contributed by atoms with Gasteiger partial charge in [-0.3, -0.25) is 15.0 Å². The maximum Gasteiger partial charge on any atom is 0.239 e. The molecule has 0 aromatic heterocycles. The summed E-state index contributed by atoms with van der Waals surface area (Å²) in [5.74, 6) is 0.726. The van der Waals surface area contributed by atoms with Crippen molar-refractivity contribution in [2.75, 3.05) is 17.5 Å². The van der Waals surface area contributed by atoms with Gasteiger partial charge in [0.05, 0.1) is 5.69 Å². The molecule has 2 aliphatic carbocycles. The molecular formula is C24H25N3O4. The quantitative estimate of drug-likeness (QED) is 0.572. The summed E-state index contributed by atoms with van der Waals surface area (Å²) in [5, 5.41) is 7.47. The standard InChI is InChI=1S/C24H25N3O4/c1-22(2)23(3)11-12-24(22,20(28)19(23)27-26-15-7-5-4-6-8-15)21(29)25-16-9-10-17-18(13-16)31-14-30-17/h4-10,13,26H,11-12,14H2,1-3H3,(H,25,29)/b27-19+. The summed E-state index contributed by atoms with van der Waals surface area (Å²) in [6.45, 7) is 6.21. The lowest BCUT2D eigenvalue weighted by Gasteiger charge is -2.37. The van der Waals surface area contributed by atoms with Crippen LogP contribution in [0.15, 0.2) is 53.6 Å². The van der Waals surface area contributed by atoms with Gasteiger partial charge in [-0.15, -0.1) is 0 Å². The third-order valence-electron chi connectivity index (χ3n) is 7.66. The van der Waals surface area contributed by atoms with Gasteiger partial charge in [0.2, 0.25) is 12.7 Å². The van der Waals surface area contributed by atoms with Crippen LogP contribution in [-0.4, -0.2) is 24.2 Å². The number of Topliss-reactive ketones (excluding diaryl/α,β-unsaturated/α-hetero) is 1. The first kappa shape index (κ1) is 19.6. The van der Waals surface area contributed by atoms with Crippen molar-refractivity contribution >= 4 is 28.8 Å². The zero-order valence-electron chi connectivity index (χ0n) is 17.8. The predicted octanol–water partition coefficient (Wildman–Crippen LogP) is 4.22. The molecule has 0 saturated heterocycles. The Balaban J connectivity index is 1.47. The van der Waals surface area contributed by atoms with Crippen LogP contribution in [0.25, 0.3) is 0 Å². The number of hydrazone groups is 1. The number of carbonyl (C=O) groups excluding carboxylic acids is 2. The van der Waals surface area contributed by atoms with Crippen molar-refractivity contribution in [2.24, 2.45) is 21.3 Å². The van der Waals surface area contributed by atoms with E-state index in [1.807, 2.05) is 51.1 Å². The second-order valence-corrected chi connectivity index (χ2v) is 9.15. The highest BCUT2D eigenvalue weighted by molar-refractivity contribution is 6.51. The Morgan fingerprint density at radius 2 is 1.71 bits per heavy atom. The molecule has 160 valence electrons. The lowest BCUT2D eigenvalue weighted by molar-refractivity contribution is -0.139. The van der Waals surface area contributed by atoms with E-state index in [2.05, 4.69) is 15.8 Å². The fourth-order valence-electron chi connectivity index (χ4n) is 5.32. The van der Waals surface area contributed by atoms with Crippen LogP contribution in [0.5, 0.6) is 11.5 Å². The van der Waals surface area contributed by atoms with Gasteiger partial charge in [0.25, 0.3) is 0 Å². The highest BCUT2D eigenvalue weighted by atomic mass is 16.7. The molecule has 0 spiro atoms. The van der Waals surface area contributed by atoms with Crippen molar-refractivity contribution in [1.29, 1.82) is 0 Å². The number of nitrogens with zero attached hydrogens (tertiary/aromatic N) is 1. The molecule has 2 fully saturated rings. The molecule has 31 heavy (non-hydrogen) atoms. The number of hydrogen-bond donors (Lipinski definition) is 2. The van der Waals surface area contributed by atoms with Crippen LogP contribution in [0.4, 0.5) is 11.4 Å². The van der Waals surface area contributed by atoms with Crippen molar-refractivity contribution < 1.29 is 19.1 Å². The SMILES string of the molecule is CC12CCC(C(=O)Nc3ccc4c(c3)OCO4)(C(=O)/C1=N\Nc1ccccc1)C2(C)C. The molecule has 0 radical (unpaired) electrons. The van der Waals surface area contributed by atoms with E-state index in [-0.39, 0.29) is 18.5 Å². The van der Waals surface area contributed by atoms with Crippen molar-refractivity contribution in [3.63, 3.8) is 0 Å². The number of hydrogen-bond acceptors (Lipinski definition) is 6. The van der Waals surface area contributed by atoms with Gasteiger partial charge < -0.3 is 14.8 Å². The molecular weight excluding hydrogens is 394 g/mol. The number of carbonyl (C=O) groups is 2. The molecule has 2 aromatic rings. The van der Waals surface area contributed by atoms with Crippen molar-refractivity contribution in [2.45, 2.75) is 33.6 Å². The Morgan fingerprint density at radius 3 is 2.48 bits per heavy atom. The normalized spacial score (nSPS) is 28.7. The zero-order chi connectivity index (χ0) is 21.9. The van der Waals surface area contributed by atoms with E-state index < -0.39 is 16.2 Å². The zero-order valence-corrected chi connectivity index (χ0v) is 17.8. The van der Waals surface area contributed by atoms with Gasteiger partial charge in [-0.05, 0) is 42.5 Å². The number of anilines is 2. The van der Waals surface area contributed by atoms with Crippen LogP contribution >= 0.6 is 0 Å². The van der Waals surface area contributed by atoms with Gasteiger partial charge in [-0.2, -0.15) is 5.10 Å². The Kier molecular flexibility index (Phi) is 4.16. The van der Waals surface area contributed by atoms with Crippen LogP contribution in [0.2, 0.25) is 0 Å². The van der Waals surface area contributed by atoms with Crippen LogP contribution in [0.1, 0.15) is 33.6 Å². The van der Waals surface area contributed by atoms with Gasteiger partial charge in [-0.1, -0.05) is 39.0 Å². The van der Waals surface area contributed by atoms with E-state index >= 15 is 0 Å². The molecule has 2 bridgehead atoms. The second kappa shape index (κ2) is 6.57. The van der Waals surface area contributed by atoms with Gasteiger partial charge in [0.1, 0.15) is 11.1 Å². The van der Waals surface area contributed by atoms with Crippen LogP contribution in [-0.2, 0) is 9.59 Å². The number of ether oxygens (including phenoxy) is 2. The minimum Gasteiger partial charge on any atom is -0.454 e. The van der Waals surface area contributed by atoms with E-state index in [4.69, 9.17) is 9.47 Å². The monoisotopic (exact) mass is 419 g/mol. The number of para-hydroxylation sites is 1. The molecule has 1 amide bonds. The third kappa shape index (κ3) is 2.55. The maximum atomic E-state index is 13.7. The molecule has 3 aliphatic rings.